The Morgan fingerprint density at radius 1 is 1.25 bits per heavy atom. The van der Waals surface area contributed by atoms with Gasteiger partial charge in [0, 0.05) is 5.69 Å². The van der Waals surface area contributed by atoms with Crippen LogP contribution in [0.3, 0.4) is 0 Å². The standard InChI is InChI=1S/C17H23N5OS/c1-11-7-6-8-12(2)13(11)19-14-17(9-4-3-5-10-17)22(16(24)20-14)21-15(18)23/h6-8H,3-5,9-10H2,1-2H3,(H3,18,21,23)(H,19,20,24). The average Bonchev–Trinajstić information content (AvgIpc) is 2.77. The van der Waals surface area contributed by atoms with Crippen LogP contribution >= 0.6 is 12.2 Å². The first kappa shape index (κ1) is 16.7. The van der Waals surface area contributed by atoms with Crippen LogP contribution in [0, 0.1) is 13.8 Å². The highest BCUT2D eigenvalue weighted by atomic mass is 32.1. The fourth-order valence-electron chi connectivity index (χ4n) is 3.68. The second-order valence-electron chi connectivity index (χ2n) is 6.54. The topological polar surface area (TPSA) is 82.8 Å². The summed E-state index contributed by atoms with van der Waals surface area (Å²) in [7, 11) is 0. The molecule has 1 fully saturated rings. The molecule has 128 valence electrons. The van der Waals surface area contributed by atoms with Crippen molar-refractivity contribution in [3.63, 3.8) is 0 Å². The van der Waals surface area contributed by atoms with Crippen LogP contribution in [-0.2, 0) is 0 Å². The lowest BCUT2D eigenvalue weighted by atomic mass is 9.80. The summed E-state index contributed by atoms with van der Waals surface area (Å²) in [5, 5.41) is 5.53. The molecular formula is C17H23N5OS. The summed E-state index contributed by atoms with van der Waals surface area (Å²) >= 11 is 5.40. The summed E-state index contributed by atoms with van der Waals surface area (Å²) in [6.07, 6.45) is 5.06. The van der Waals surface area contributed by atoms with Gasteiger partial charge in [0.05, 0.1) is 0 Å². The number of urea groups is 1. The number of hydrogen-bond acceptors (Lipinski definition) is 3. The number of thiocarbonyl (C=S) groups is 1. The third-order valence-electron chi connectivity index (χ3n) is 4.89. The van der Waals surface area contributed by atoms with E-state index in [9.17, 15) is 4.79 Å². The Kier molecular flexibility index (Phi) is 4.45. The number of rotatable bonds is 2. The van der Waals surface area contributed by atoms with Crippen LogP contribution in [0.5, 0.6) is 0 Å². The van der Waals surface area contributed by atoms with E-state index in [1.165, 1.54) is 6.42 Å². The van der Waals surface area contributed by atoms with E-state index < -0.39 is 11.6 Å². The van der Waals surface area contributed by atoms with Crippen molar-refractivity contribution in [3.8, 4) is 0 Å². The number of amides is 2. The van der Waals surface area contributed by atoms with Crippen LogP contribution in [0.4, 0.5) is 10.5 Å². The summed E-state index contributed by atoms with van der Waals surface area (Å²) in [6, 6.07) is 5.55. The summed E-state index contributed by atoms with van der Waals surface area (Å²) in [4.78, 5) is 16.0. The normalized spacial score (nSPS) is 19.3. The molecule has 2 amide bonds. The number of para-hydroxylation sites is 1. The van der Waals surface area contributed by atoms with Gasteiger partial charge in [0.1, 0.15) is 11.4 Å². The summed E-state index contributed by atoms with van der Waals surface area (Å²) in [5.41, 5.74) is 10.9. The van der Waals surface area contributed by atoms with Gasteiger partial charge in [0.25, 0.3) is 0 Å². The minimum Gasteiger partial charge on any atom is -0.350 e. The number of nitrogens with two attached hydrogens (primary N) is 1. The fraction of sp³-hybridized carbons (Fsp3) is 0.471. The van der Waals surface area contributed by atoms with E-state index in [1.807, 2.05) is 6.07 Å². The Bertz CT molecular complexity index is 689. The van der Waals surface area contributed by atoms with Crippen molar-refractivity contribution in [1.29, 1.82) is 0 Å². The molecule has 0 saturated heterocycles. The second kappa shape index (κ2) is 6.39. The molecule has 4 N–H and O–H groups in total. The molecule has 2 aliphatic rings. The predicted molar refractivity (Wildman–Crippen MR) is 99.9 cm³/mol. The quantitative estimate of drug-likeness (QED) is 0.720. The van der Waals surface area contributed by atoms with Crippen LogP contribution in [0.2, 0.25) is 0 Å². The van der Waals surface area contributed by atoms with Crippen molar-refractivity contribution >= 4 is 34.9 Å². The highest BCUT2D eigenvalue weighted by Crippen LogP contribution is 2.38. The third kappa shape index (κ3) is 2.84. The molecular weight excluding hydrogens is 322 g/mol. The first-order chi connectivity index (χ1) is 11.4. The molecule has 1 spiro atoms. The molecule has 3 rings (SSSR count). The van der Waals surface area contributed by atoms with Gasteiger partial charge in [-0.05, 0) is 50.0 Å². The highest BCUT2D eigenvalue weighted by Gasteiger charge is 2.49. The molecule has 0 atom stereocenters. The van der Waals surface area contributed by atoms with Crippen LogP contribution in [0.1, 0.15) is 43.2 Å². The van der Waals surface area contributed by atoms with Gasteiger partial charge >= 0.3 is 6.03 Å². The predicted octanol–water partition coefficient (Wildman–Crippen LogP) is 3.00. The zero-order valence-electron chi connectivity index (χ0n) is 14.1. The van der Waals surface area contributed by atoms with Crippen LogP contribution in [0.15, 0.2) is 23.2 Å². The molecule has 0 aromatic heterocycles. The second-order valence-corrected chi connectivity index (χ2v) is 6.90. The van der Waals surface area contributed by atoms with E-state index >= 15 is 0 Å². The maximum absolute atomic E-state index is 11.4. The molecule has 0 radical (unpaired) electrons. The first-order valence-electron chi connectivity index (χ1n) is 8.27. The molecule has 1 heterocycles. The number of nitrogens with zero attached hydrogens (tertiary/aromatic N) is 2. The number of aliphatic imine (C=N–C) groups is 1. The lowest BCUT2D eigenvalue weighted by molar-refractivity contribution is 0.149. The van der Waals surface area contributed by atoms with Gasteiger partial charge in [-0.2, -0.15) is 0 Å². The lowest BCUT2D eigenvalue weighted by Gasteiger charge is -2.42. The van der Waals surface area contributed by atoms with Crippen LogP contribution < -0.4 is 16.5 Å². The molecule has 1 aliphatic heterocycles. The van der Waals surface area contributed by atoms with Crippen molar-refractivity contribution in [2.24, 2.45) is 10.7 Å². The van der Waals surface area contributed by atoms with Crippen molar-refractivity contribution in [2.45, 2.75) is 51.5 Å². The van der Waals surface area contributed by atoms with Gasteiger partial charge in [-0.15, -0.1) is 0 Å². The SMILES string of the molecule is Cc1cccc(C)c1NC1=NC(=S)N(NC(N)=O)C12CCCCC2. The van der Waals surface area contributed by atoms with E-state index in [2.05, 4.69) is 41.7 Å². The number of hydrogen-bond donors (Lipinski definition) is 3. The Balaban J connectivity index is 1.97. The molecule has 1 aromatic carbocycles. The molecule has 0 bridgehead atoms. The number of hydrazine groups is 1. The zero-order valence-corrected chi connectivity index (χ0v) is 14.9. The van der Waals surface area contributed by atoms with Gasteiger partial charge in [-0.25, -0.2) is 20.2 Å². The van der Waals surface area contributed by atoms with E-state index in [1.54, 1.807) is 5.01 Å². The number of primary amides is 1. The van der Waals surface area contributed by atoms with Gasteiger partial charge < -0.3 is 11.1 Å². The van der Waals surface area contributed by atoms with Gasteiger partial charge in [0.15, 0.2) is 0 Å². The van der Waals surface area contributed by atoms with Crippen molar-refractivity contribution in [2.75, 3.05) is 5.32 Å². The molecule has 6 nitrogen and oxygen atoms in total. The van der Waals surface area contributed by atoms with Gasteiger partial charge in [-0.3, -0.25) is 0 Å². The van der Waals surface area contributed by atoms with Crippen LogP contribution in [0.25, 0.3) is 0 Å². The maximum Gasteiger partial charge on any atom is 0.331 e. The monoisotopic (exact) mass is 345 g/mol. The summed E-state index contributed by atoms with van der Waals surface area (Å²) in [6.45, 7) is 4.13. The number of amidine groups is 1. The van der Waals surface area contributed by atoms with Gasteiger partial charge in [-0.1, -0.05) is 37.5 Å². The van der Waals surface area contributed by atoms with Crippen molar-refractivity contribution < 1.29 is 4.79 Å². The first-order valence-corrected chi connectivity index (χ1v) is 8.67. The number of aryl methyl sites for hydroxylation is 2. The third-order valence-corrected chi connectivity index (χ3v) is 5.17. The van der Waals surface area contributed by atoms with Crippen molar-refractivity contribution in [3.05, 3.63) is 29.3 Å². The minimum atomic E-state index is -0.620. The fourth-order valence-corrected chi connectivity index (χ4v) is 3.99. The Morgan fingerprint density at radius 2 is 1.88 bits per heavy atom. The van der Waals surface area contributed by atoms with E-state index in [-0.39, 0.29) is 0 Å². The molecule has 1 saturated carbocycles. The van der Waals surface area contributed by atoms with E-state index in [4.69, 9.17) is 18.0 Å². The maximum atomic E-state index is 11.4. The molecule has 0 unspecified atom stereocenters. The number of carbonyl (C=O) groups excluding carboxylic acids is 1. The largest absolute Gasteiger partial charge is 0.350 e. The summed E-state index contributed by atoms with van der Waals surface area (Å²) < 4.78 is 0. The molecule has 1 aromatic rings. The zero-order chi connectivity index (χ0) is 17.3. The smallest absolute Gasteiger partial charge is 0.331 e. The molecule has 24 heavy (non-hydrogen) atoms. The summed E-state index contributed by atoms with van der Waals surface area (Å²) in [5.74, 6) is 0.804. The van der Waals surface area contributed by atoms with Crippen molar-refractivity contribution in [1.82, 2.24) is 10.4 Å². The number of benzene rings is 1. The number of anilines is 1. The number of nitrogens with one attached hydrogen (secondary N) is 2. The molecule has 1 aliphatic carbocycles. The molecule has 7 heteroatoms. The Morgan fingerprint density at radius 3 is 2.46 bits per heavy atom. The van der Waals surface area contributed by atoms with Gasteiger partial charge in [0.2, 0.25) is 5.11 Å². The van der Waals surface area contributed by atoms with Crippen LogP contribution in [-0.4, -0.2) is 27.5 Å². The highest BCUT2D eigenvalue weighted by molar-refractivity contribution is 7.80. The lowest BCUT2D eigenvalue weighted by Crippen LogP contribution is -2.61. The number of carbonyl (C=O) groups is 1. The minimum absolute atomic E-state index is 0.351. The Labute approximate surface area is 147 Å². The average molecular weight is 345 g/mol. The Hall–Kier alpha value is -2.15. The van der Waals surface area contributed by atoms with E-state index in [0.717, 1.165) is 48.3 Å². The van der Waals surface area contributed by atoms with E-state index in [0.29, 0.717) is 5.11 Å².